The molecule has 1 aromatic heterocycles. The van der Waals surface area contributed by atoms with Crippen LogP contribution in [0.1, 0.15) is 21.3 Å². The van der Waals surface area contributed by atoms with E-state index < -0.39 is 10.0 Å². The quantitative estimate of drug-likeness (QED) is 0.523. The van der Waals surface area contributed by atoms with Gasteiger partial charge in [0.25, 0.3) is 15.9 Å². The number of carbonyl (C=O) groups excluding carboxylic acids is 1. The van der Waals surface area contributed by atoms with Gasteiger partial charge in [0.15, 0.2) is 0 Å². The van der Waals surface area contributed by atoms with Gasteiger partial charge in [0.05, 0.1) is 21.6 Å². The molecule has 6 nitrogen and oxygen atoms in total. The monoisotopic (exact) mass is 463 g/mol. The fraction of sp³-hybridized carbons (Fsp3) is 0.190. The van der Waals surface area contributed by atoms with Crippen LogP contribution in [0.4, 0.5) is 5.69 Å². The van der Waals surface area contributed by atoms with Crippen molar-refractivity contribution in [3.8, 4) is 0 Å². The molecule has 3 rings (SSSR count). The Labute approximate surface area is 185 Å². The number of rotatable bonds is 8. The Balaban J connectivity index is 1.74. The minimum absolute atomic E-state index is 0.0162. The molecule has 0 bridgehead atoms. The van der Waals surface area contributed by atoms with Crippen LogP contribution in [0.2, 0.25) is 5.02 Å². The second kappa shape index (κ2) is 9.61. The number of benzene rings is 2. The maximum absolute atomic E-state index is 12.7. The van der Waals surface area contributed by atoms with Gasteiger partial charge in [-0.2, -0.15) is 0 Å². The Bertz CT molecular complexity index is 1120. The Morgan fingerprint density at radius 2 is 1.87 bits per heavy atom. The number of sulfonamides is 1. The van der Waals surface area contributed by atoms with Gasteiger partial charge in [-0.1, -0.05) is 35.9 Å². The van der Waals surface area contributed by atoms with Crippen LogP contribution in [0, 0.1) is 0 Å². The number of likely N-dealkylation sites (N-methyl/N-ethyl adjacent to an activating group) is 1. The molecule has 158 valence electrons. The molecular weight excluding hydrogens is 442 g/mol. The van der Waals surface area contributed by atoms with Crippen molar-refractivity contribution in [2.24, 2.45) is 0 Å². The molecule has 2 aromatic carbocycles. The normalized spacial score (nSPS) is 12.5. The molecule has 0 fully saturated rings. The number of nitrogens with one attached hydrogen (secondary N) is 2. The van der Waals surface area contributed by atoms with Crippen LogP contribution >= 0.6 is 22.9 Å². The van der Waals surface area contributed by atoms with E-state index in [0.29, 0.717) is 11.6 Å². The molecule has 1 unspecified atom stereocenters. The Morgan fingerprint density at radius 1 is 1.10 bits per heavy atom. The van der Waals surface area contributed by atoms with E-state index in [1.54, 1.807) is 47.7 Å². The molecule has 0 aliphatic heterocycles. The lowest BCUT2D eigenvalue weighted by Gasteiger charge is -2.23. The summed E-state index contributed by atoms with van der Waals surface area (Å²) in [5.74, 6) is -0.340. The molecule has 0 radical (unpaired) electrons. The van der Waals surface area contributed by atoms with Crippen molar-refractivity contribution in [1.29, 1.82) is 0 Å². The molecule has 3 aromatic rings. The number of hydrogen-bond donors (Lipinski definition) is 2. The zero-order chi connectivity index (χ0) is 21.7. The number of carbonyl (C=O) groups is 1. The van der Waals surface area contributed by atoms with Crippen molar-refractivity contribution in [2.75, 3.05) is 25.4 Å². The number of para-hydroxylation sites is 1. The Morgan fingerprint density at radius 3 is 2.53 bits per heavy atom. The number of nitrogens with zero attached hydrogens (tertiary/aromatic N) is 1. The molecule has 0 saturated heterocycles. The summed E-state index contributed by atoms with van der Waals surface area (Å²) in [5, 5.41) is 5.18. The minimum Gasteiger partial charge on any atom is -0.350 e. The van der Waals surface area contributed by atoms with Crippen molar-refractivity contribution in [3.05, 3.63) is 81.5 Å². The zero-order valence-electron chi connectivity index (χ0n) is 16.5. The van der Waals surface area contributed by atoms with E-state index in [9.17, 15) is 13.2 Å². The Hall–Kier alpha value is -2.39. The third-order valence-electron chi connectivity index (χ3n) is 4.48. The van der Waals surface area contributed by atoms with E-state index in [4.69, 9.17) is 11.6 Å². The largest absolute Gasteiger partial charge is 0.350 e. The first-order valence-electron chi connectivity index (χ1n) is 9.13. The lowest BCUT2D eigenvalue weighted by Crippen LogP contribution is -2.34. The highest BCUT2D eigenvalue weighted by Crippen LogP contribution is 2.25. The summed E-state index contributed by atoms with van der Waals surface area (Å²) >= 11 is 7.67. The number of hydrogen-bond acceptors (Lipinski definition) is 5. The van der Waals surface area contributed by atoms with E-state index in [0.717, 1.165) is 4.88 Å². The first-order valence-corrected chi connectivity index (χ1v) is 11.9. The molecule has 1 amide bonds. The van der Waals surface area contributed by atoms with Crippen molar-refractivity contribution in [1.82, 2.24) is 10.2 Å². The molecule has 1 heterocycles. The number of thiophene rings is 1. The van der Waals surface area contributed by atoms with Crippen LogP contribution in [-0.2, 0) is 10.0 Å². The highest BCUT2D eigenvalue weighted by Gasteiger charge is 2.19. The lowest BCUT2D eigenvalue weighted by atomic mass is 10.2. The van der Waals surface area contributed by atoms with Crippen molar-refractivity contribution >= 4 is 44.6 Å². The second-order valence-corrected chi connectivity index (χ2v) is 9.89. The SMILES string of the molecule is CN(C)C(CNC(=O)c1cccc(S(=O)(=O)Nc2ccccc2Cl)c1)c1cccs1. The number of halogens is 1. The summed E-state index contributed by atoms with van der Waals surface area (Å²) in [6.07, 6.45) is 0. The molecule has 2 N–H and O–H groups in total. The zero-order valence-corrected chi connectivity index (χ0v) is 18.9. The average molecular weight is 464 g/mol. The van der Waals surface area contributed by atoms with Crippen LogP contribution in [0.15, 0.2) is 70.9 Å². The van der Waals surface area contributed by atoms with Gasteiger partial charge in [-0.05, 0) is 55.9 Å². The first-order chi connectivity index (χ1) is 14.3. The van der Waals surface area contributed by atoms with E-state index in [2.05, 4.69) is 10.0 Å². The van der Waals surface area contributed by atoms with Gasteiger partial charge in [0.2, 0.25) is 0 Å². The molecule has 0 aliphatic carbocycles. The minimum atomic E-state index is -3.89. The van der Waals surface area contributed by atoms with E-state index in [1.165, 1.54) is 12.1 Å². The number of anilines is 1. The van der Waals surface area contributed by atoms with Gasteiger partial charge in [-0.15, -0.1) is 11.3 Å². The highest BCUT2D eigenvalue weighted by molar-refractivity contribution is 7.92. The molecule has 9 heteroatoms. The van der Waals surface area contributed by atoms with Gasteiger partial charge in [0, 0.05) is 17.0 Å². The molecule has 1 atom stereocenters. The maximum Gasteiger partial charge on any atom is 0.261 e. The summed E-state index contributed by atoms with van der Waals surface area (Å²) in [6, 6.07) is 16.5. The summed E-state index contributed by atoms with van der Waals surface area (Å²) < 4.78 is 27.9. The van der Waals surface area contributed by atoms with Crippen LogP contribution in [-0.4, -0.2) is 39.9 Å². The van der Waals surface area contributed by atoms with Crippen molar-refractivity contribution in [3.63, 3.8) is 0 Å². The lowest BCUT2D eigenvalue weighted by molar-refractivity contribution is 0.0942. The van der Waals surface area contributed by atoms with Gasteiger partial charge in [0.1, 0.15) is 0 Å². The number of amides is 1. The summed E-state index contributed by atoms with van der Waals surface area (Å²) in [4.78, 5) is 15.8. The smallest absolute Gasteiger partial charge is 0.261 e. The standard InChI is InChI=1S/C21H22ClN3O3S2/c1-25(2)19(20-11-6-12-29-20)14-23-21(26)15-7-5-8-16(13-15)30(27,28)24-18-10-4-3-9-17(18)22/h3-13,19,24H,14H2,1-2H3,(H,23,26). The first kappa shape index (κ1) is 22.3. The molecule has 30 heavy (non-hydrogen) atoms. The second-order valence-electron chi connectivity index (χ2n) is 6.82. The van der Waals surface area contributed by atoms with Crippen LogP contribution in [0.5, 0.6) is 0 Å². The summed E-state index contributed by atoms with van der Waals surface area (Å²) in [6.45, 7) is 0.404. The predicted octanol–water partition coefficient (Wildman–Crippen LogP) is 4.24. The topological polar surface area (TPSA) is 78.5 Å². The van der Waals surface area contributed by atoms with E-state index in [-0.39, 0.29) is 28.1 Å². The van der Waals surface area contributed by atoms with Crippen LogP contribution in [0.3, 0.4) is 0 Å². The molecule has 0 aliphatic rings. The molecule has 0 spiro atoms. The Kier molecular flexibility index (Phi) is 7.14. The highest BCUT2D eigenvalue weighted by atomic mass is 35.5. The maximum atomic E-state index is 12.7. The van der Waals surface area contributed by atoms with Crippen LogP contribution < -0.4 is 10.0 Å². The van der Waals surface area contributed by atoms with Crippen molar-refractivity contribution < 1.29 is 13.2 Å². The predicted molar refractivity (Wildman–Crippen MR) is 122 cm³/mol. The van der Waals surface area contributed by atoms with Gasteiger partial charge in [-0.3, -0.25) is 9.52 Å². The van der Waals surface area contributed by atoms with Crippen LogP contribution in [0.25, 0.3) is 0 Å². The summed E-state index contributed by atoms with van der Waals surface area (Å²) in [5.41, 5.74) is 0.541. The van der Waals surface area contributed by atoms with Crippen molar-refractivity contribution in [2.45, 2.75) is 10.9 Å². The third-order valence-corrected chi connectivity index (χ3v) is 7.14. The van der Waals surface area contributed by atoms with Gasteiger partial charge < -0.3 is 10.2 Å². The van der Waals surface area contributed by atoms with Gasteiger partial charge >= 0.3 is 0 Å². The fourth-order valence-electron chi connectivity index (χ4n) is 2.86. The van der Waals surface area contributed by atoms with E-state index in [1.807, 2.05) is 36.5 Å². The third kappa shape index (κ3) is 5.40. The average Bonchev–Trinajstić information content (AvgIpc) is 3.24. The fourth-order valence-corrected chi connectivity index (χ4v) is 5.15. The van der Waals surface area contributed by atoms with E-state index >= 15 is 0 Å². The molecular formula is C21H22ClN3O3S2. The summed E-state index contributed by atoms with van der Waals surface area (Å²) in [7, 11) is 0.00404. The van der Waals surface area contributed by atoms with Gasteiger partial charge in [-0.25, -0.2) is 8.42 Å². The molecule has 0 saturated carbocycles.